The van der Waals surface area contributed by atoms with Crippen molar-refractivity contribution in [1.82, 2.24) is 10.2 Å². The van der Waals surface area contributed by atoms with Crippen molar-refractivity contribution >= 4 is 6.03 Å². The predicted octanol–water partition coefficient (Wildman–Crippen LogP) is 3.31. The Bertz CT molecular complexity index is 572. The van der Waals surface area contributed by atoms with Gasteiger partial charge in [-0.1, -0.05) is 25.1 Å². The molecule has 2 N–H and O–H groups in total. The molecule has 1 aliphatic heterocycles. The fraction of sp³-hybridized carbons (Fsp3) is 0.650. The molecule has 2 fully saturated rings. The maximum Gasteiger partial charge on any atom is 0.317 e. The fourth-order valence-corrected chi connectivity index (χ4v) is 3.52. The molecular formula is C20H30N2O3. The molecule has 1 saturated carbocycles. The molecule has 5 nitrogen and oxygen atoms in total. The summed E-state index contributed by atoms with van der Waals surface area (Å²) in [5.41, 5.74) is 1.03. The molecule has 0 bridgehead atoms. The number of aliphatic hydroxyl groups excluding tert-OH is 1. The van der Waals surface area contributed by atoms with Gasteiger partial charge in [0.25, 0.3) is 0 Å². The SMILES string of the molecule is CCC1(CO)CCN(C(=O)NCc2ccccc2OC2CCC2)CC1. The van der Waals surface area contributed by atoms with Crippen LogP contribution in [0.25, 0.3) is 0 Å². The smallest absolute Gasteiger partial charge is 0.317 e. The largest absolute Gasteiger partial charge is 0.490 e. The molecule has 0 spiro atoms. The van der Waals surface area contributed by atoms with Crippen molar-refractivity contribution in [2.45, 2.75) is 58.1 Å². The lowest BCUT2D eigenvalue weighted by atomic mass is 9.77. The highest BCUT2D eigenvalue weighted by Gasteiger charge is 2.33. The van der Waals surface area contributed by atoms with Gasteiger partial charge in [0.05, 0.1) is 6.10 Å². The Labute approximate surface area is 150 Å². The third kappa shape index (κ3) is 4.27. The standard InChI is InChI=1S/C20H30N2O3/c1-2-20(15-23)10-12-22(13-11-20)19(24)21-14-16-6-3-4-9-18(16)25-17-7-5-8-17/h3-4,6,9,17,23H,2,5,7-8,10-15H2,1H3,(H,21,24). The first kappa shape index (κ1) is 18.1. The number of carbonyl (C=O) groups excluding carboxylic acids is 1. The number of nitrogens with zero attached hydrogens (tertiary/aromatic N) is 1. The number of rotatable bonds is 6. The topological polar surface area (TPSA) is 61.8 Å². The van der Waals surface area contributed by atoms with E-state index in [-0.39, 0.29) is 18.1 Å². The quantitative estimate of drug-likeness (QED) is 0.831. The van der Waals surface area contributed by atoms with Gasteiger partial charge in [-0.15, -0.1) is 0 Å². The Hall–Kier alpha value is -1.75. The van der Waals surface area contributed by atoms with Gasteiger partial charge >= 0.3 is 6.03 Å². The van der Waals surface area contributed by atoms with Gasteiger partial charge in [-0.2, -0.15) is 0 Å². The number of carbonyl (C=O) groups is 1. The van der Waals surface area contributed by atoms with Crippen molar-refractivity contribution < 1.29 is 14.6 Å². The van der Waals surface area contributed by atoms with Gasteiger partial charge in [0, 0.05) is 31.8 Å². The summed E-state index contributed by atoms with van der Waals surface area (Å²) >= 11 is 0. The average molecular weight is 346 g/mol. The van der Waals surface area contributed by atoms with Crippen LogP contribution in [0.5, 0.6) is 5.75 Å². The lowest BCUT2D eigenvalue weighted by Crippen LogP contribution is -2.48. The van der Waals surface area contributed by atoms with Gasteiger partial charge in [-0.3, -0.25) is 0 Å². The van der Waals surface area contributed by atoms with Crippen LogP contribution in [0.15, 0.2) is 24.3 Å². The molecule has 1 heterocycles. The second-order valence-corrected chi connectivity index (χ2v) is 7.44. The number of hydrogen-bond acceptors (Lipinski definition) is 3. The van der Waals surface area contributed by atoms with Gasteiger partial charge in [0.1, 0.15) is 5.75 Å². The molecule has 1 aromatic carbocycles. The number of ether oxygens (including phenoxy) is 1. The van der Waals surface area contributed by atoms with E-state index in [1.54, 1.807) is 0 Å². The molecule has 138 valence electrons. The zero-order valence-electron chi connectivity index (χ0n) is 15.2. The number of nitrogens with one attached hydrogen (secondary N) is 1. The molecule has 25 heavy (non-hydrogen) atoms. The summed E-state index contributed by atoms with van der Waals surface area (Å²) < 4.78 is 6.02. The normalized spacial score (nSPS) is 20.0. The van der Waals surface area contributed by atoms with E-state index < -0.39 is 0 Å². The molecular weight excluding hydrogens is 316 g/mol. The summed E-state index contributed by atoms with van der Waals surface area (Å²) in [6.07, 6.45) is 6.52. The van der Waals surface area contributed by atoms with Gasteiger partial charge < -0.3 is 20.1 Å². The van der Waals surface area contributed by atoms with E-state index >= 15 is 0 Å². The number of amides is 2. The number of urea groups is 1. The lowest BCUT2D eigenvalue weighted by molar-refractivity contribution is 0.0519. The molecule has 3 rings (SSSR count). The first-order chi connectivity index (χ1) is 12.2. The number of aliphatic hydroxyl groups is 1. The summed E-state index contributed by atoms with van der Waals surface area (Å²) in [5.74, 6) is 0.886. The van der Waals surface area contributed by atoms with Gasteiger partial charge in [0.15, 0.2) is 0 Å². The van der Waals surface area contributed by atoms with E-state index in [1.807, 2.05) is 29.2 Å². The maximum atomic E-state index is 12.5. The van der Waals surface area contributed by atoms with Gasteiger partial charge in [-0.25, -0.2) is 4.79 Å². The third-order valence-electron chi connectivity index (χ3n) is 5.95. The van der Waals surface area contributed by atoms with Crippen LogP contribution in [0.2, 0.25) is 0 Å². The van der Waals surface area contributed by atoms with Crippen LogP contribution in [0.3, 0.4) is 0 Å². The zero-order valence-corrected chi connectivity index (χ0v) is 15.2. The van der Waals surface area contributed by atoms with Crippen LogP contribution in [0.1, 0.15) is 51.0 Å². The average Bonchev–Trinajstić information content (AvgIpc) is 2.63. The molecule has 2 amide bonds. The van der Waals surface area contributed by atoms with Crippen molar-refractivity contribution in [3.05, 3.63) is 29.8 Å². The van der Waals surface area contributed by atoms with Gasteiger partial charge in [-0.05, 0) is 50.0 Å². The Kier molecular flexibility index (Phi) is 5.84. The number of likely N-dealkylation sites (tertiary alicyclic amines) is 1. The van der Waals surface area contributed by atoms with Crippen LogP contribution in [0.4, 0.5) is 4.79 Å². The first-order valence-electron chi connectivity index (χ1n) is 9.54. The number of piperidine rings is 1. The summed E-state index contributed by atoms with van der Waals surface area (Å²) in [6.45, 7) is 4.23. The van der Waals surface area contributed by atoms with Crippen LogP contribution in [0, 0.1) is 5.41 Å². The fourth-order valence-electron chi connectivity index (χ4n) is 3.52. The summed E-state index contributed by atoms with van der Waals surface area (Å²) in [5, 5.41) is 12.6. The predicted molar refractivity (Wildman–Crippen MR) is 97.6 cm³/mol. The molecule has 0 radical (unpaired) electrons. The van der Waals surface area contributed by atoms with Crippen LogP contribution in [-0.2, 0) is 6.54 Å². The third-order valence-corrected chi connectivity index (χ3v) is 5.95. The molecule has 1 aromatic rings. The molecule has 5 heteroatoms. The minimum atomic E-state index is -0.0268. The summed E-state index contributed by atoms with van der Waals surface area (Å²) in [6, 6.07) is 7.92. The second-order valence-electron chi connectivity index (χ2n) is 7.44. The Morgan fingerprint density at radius 2 is 2.04 bits per heavy atom. The number of hydrogen-bond donors (Lipinski definition) is 2. The highest BCUT2D eigenvalue weighted by atomic mass is 16.5. The van der Waals surface area contributed by atoms with Crippen molar-refractivity contribution in [2.75, 3.05) is 19.7 Å². The highest BCUT2D eigenvalue weighted by molar-refractivity contribution is 5.74. The summed E-state index contributed by atoms with van der Waals surface area (Å²) in [4.78, 5) is 14.3. The lowest BCUT2D eigenvalue weighted by Gasteiger charge is -2.40. The number of para-hydroxylation sites is 1. The Morgan fingerprint density at radius 1 is 1.32 bits per heavy atom. The van der Waals surface area contributed by atoms with Crippen molar-refractivity contribution in [3.63, 3.8) is 0 Å². The molecule has 0 atom stereocenters. The minimum Gasteiger partial charge on any atom is -0.490 e. The van der Waals surface area contributed by atoms with Crippen LogP contribution < -0.4 is 10.1 Å². The van der Waals surface area contributed by atoms with Gasteiger partial charge in [0.2, 0.25) is 0 Å². The van der Waals surface area contributed by atoms with Crippen molar-refractivity contribution in [2.24, 2.45) is 5.41 Å². The monoisotopic (exact) mass is 346 g/mol. The van der Waals surface area contributed by atoms with E-state index in [1.165, 1.54) is 6.42 Å². The molecule has 0 aromatic heterocycles. The molecule has 1 aliphatic carbocycles. The first-order valence-corrected chi connectivity index (χ1v) is 9.54. The van der Waals surface area contributed by atoms with E-state index in [4.69, 9.17) is 4.74 Å². The van der Waals surface area contributed by atoms with E-state index in [2.05, 4.69) is 12.2 Å². The zero-order chi connectivity index (χ0) is 17.7. The maximum absolute atomic E-state index is 12.5. The minimum absolute atomic E-state index is 0.00000709. The van der Waals surface area contributed by atoms with E-state index in [9.17, 15) is 9.90 Å². The van der Waals surface area contributed by atoms with Crippen molar-refractivity contribution in [1.29, 1.82) is 0 Å². The Morgan fingerprint density at radius 3 is 2.64 bits per heavy atom. The second kappa shape index (κ2) is 8.09. The molecule has 0 unspecified atom stereocenters. The van der Waals surface area contributed by atoms with Crippen LogP contribution >= 0.6 is 0 Å². The number of benzene rings is 1. The molecule has 1 saturated heterocycles. The van der Waals surface area contributed by atoms with Crippen LogP contribution in [-0.4, -0.2) is 41.8 Å². The van der Waals surface area contributed by atoms with E-state index in [0.29, 0.717) is 25.7 Å². The molecule has 2 aliphatic rings. The van der Waals surface area contributed by atoms with Crippen molar-refractivity contribution in [3.8, 4) is 5.75 Å². The summed E-state index contributed by atoms with van der Waals surface area (Å²) in [7, 11) is 0. The van der Waals surface area contributed by atoms with E-state index in [0.717, 1.165) is 43.4 Å². The Balaban J connectivity index is 1.51. The highest BCUT2D eigenvalue weighted by Crippen LogP contribution is 2.34.